The monoisotopic (exact) mass is 395 g/mol. The summed E-state index contributed by atoms with van der Waals surface area (Å²) in [5, 5.41) is 17.3. The van der Waals surface area contributed by atoms with Gasteiger partial charge in [0.15, 0.2) is 5.96 Å². The summed E-state index contributed by atoms with van der Waals surface area (Å²) in [7, 11) is 0. The highest BCUT2D eigenvalue weighted by Gasteiger charge is 2.20. The summed E-state index contributed by atoms with van der Waals surface area (Å²) < 4.78 is 0. The number of aromatic nitrogens is 1. The van der Waals surface area contributed by atoms with Crippen molar-refractivity contribution in [3.63, 3.8) is 0 Å². The number of aliphatic hydroxyl groups excluding tert-OH is 1. The molecule has 29 heavy (non-hydrogen) atoms. The second kappa shape index (κ2) is 10.9. The third-order valence-corrected chi connectivity index (χ3v) is 5.27. The molecule has 1 atom stereocenters. The van der Waals surface area contributed by atoms with Gasteiger partial charge in [-0.1, -0.05) is 35.9 Å². The van der Waals surface area contributed by atoms with Crippen molar-refractivity contribution in [1.29, 1.82) is 0 Å². The molecule has 0 aliphatic carbocycles. The normalized spacial score (nSPS) is 17.1. The number of pyridine rings is 1. The van der Waals surface area contributed by atoms with Crippen LogP contribution in [0.4, 0.5) is 0 Å². The standard InChI is InChI=1S/C23H33N5O/c1-3-24-23(26-16-22(29)19-9-7-18(2)8-10-19)27-20-11-14-28(15-12-20)17-21-6-4-5-13-25-21/h4-10,13,20,22,29H,3,11-12,14-17H2,1-2H3,(H2,24,26,27). The maximum Gasteiger partial charge on any atom is 0.191 e. The van der Waals surface area contributed by atoms with Gasteiger partial charge in [-0.15, -0.1) is 0 Å². The van der Waals surface area contributed by atoms with E-state index < -0.39 is 6.10 Å². The van der Waals surface area contributed by atoms with Crippen molar-refractivity contribution in [2.45, 2.75) is 45.4 Å². The maximum atomic E-state index is 10.4. The largest absolute Gasteiger partial charge is 0.386 e. The Hall–Kier alpha value is -2.44. The average molecular weight is 396 g/mol. The lowest BCUT2D eigenvalue weighted by atomic mass is 10.0. The third kappa shape index (κ3) is 6.84. The molecule has 1 fully saturated rings. The highest BCUT2D eigenvalue weighted by atomic mass is 16.3. The van der Waals surface area contributed by atoms with E-state index in [-0.39, 0.29) is 0 Å². The second-order valence-corrected chi connectivity index (χ2v) is 7.66. The first-order valence-corrected chi connectivity index (χ1v) is 10.6. The van der Waals surface area contributed by atoms with E-state index >= 15 is 0 Å². The Morgan fingerprint density at radius 3 is 2.62 bits per heavy atom. The highest BCUT2D eigenvalue weighted by Crippen LogP contribution is 2.15. The summed E-state index contributed by atoms with van der Waals surface area (Å²) in [6.07, 6.45) is 3.40. The van der Waals surface area contributed by atoms with Crippen LogP contribution in [0.25, 0.3) is 0 Å². The van der Waals surface area contributed by atoms with Gasteiger partial charge in [0.2, 0.25) is 0 Å². The Kier molecular flexibility index (Phi) is 8.02. The summed E-state index contributed by atoms with van der Waals surface area (Å²) in [5.41, 5.74) is 3.21. The molecule has 1 aliphatic heterocycles. The minimum Gasteiger partial charge on any atom is -0.386 e. The van der Waals surface area contributed by atoms with Gasteiger partial charge in [0.25, 0.3) is 0 Å². The number of nitrogens with one attached hydrogen (secondary N) is 2. The molecule has 0 bridgehead atoms. The number of hydrogen-bond donors (Lipinski definition) is 3. The number of aryl methyl sites for hydroxylation is 1. The second-order valence-electron chi connectivity index (χ2n) is 7.66. The van der Waals surface area contributed by atoms with Gasteiger partial charge in [-0.25, -0.2) is 0 Å². The van der Waals surface area contributed by atoms with Gasteiger partial charge in [0, 0.05) is 38.4 Å². The Bertz CT molecular complexity index is 755. The lowest BCUT2D eigenvalue weighted by Gasteiger charge is -2.32. The van der Waals surface area contributed by atoms with Gasteiger partial charge in [0.1, 0.15) is 0 Å². The van der Waals surface area contributed by atoms with Gasteiger partial charge in [-0.05, 0) is 44.4 Å². The number of nitrogens with zero attached hydrogens (tertiary/aromatic N) is 3. The number of guanidine groups is 1. The van der Waals surface area contributed by atoms with Crippen molar-refractivity contribution in [3.05, 3.63) is 65.5 Å². The Balaban J connectivity index is 1.48. The summed E-state index contributed by atoms with van der Waals surface area (Å²) in [4.78, 5) is 11.5. The molecular formula is C23H33N5O. The fourth-order valence-electron chi connectivity index (χ4n) is 3.54. The highest BCUT2D eigenvalue weighted by molar-refractivity contribution is 5.80. The van der Waals surface area contributed by atoms with E-state index in [1.807, 2.05) is 49.5 Å². The van der Waals surface area contributed by atoms with E-state index in [0.29, 0.717) is 12.6 Å². The van der Waals surface area contributed by atoms with Gasteiger partial charge in [-0.2, -0.15) is 0 Å². The average Bonchev–Trinajstić information content (AvgIpc) is 2.74. The number of likely N-dealkylation sites (tertiary alicyclic amines) is 1. The molecule has 1 saturated heterocycles. The van der Waals surface area contributed by atoms with Crippen LogP contribution in [0.2, 0.25) is 0 Å². The topological polar surface area (TPSA) is 72.8 Å². The predicted octanol–water partition coefficient (Wildman–Crippen LogP) is 2.64. The molecule has 2 heterocycles. The van der Waals surface area contributed by atoms with Crippen LogP contribution in [0.1, 0.15) is 42.7 Å². The van der Waals surface area contributed by atoms with Crippen LogP contribution < -0.4 is 10.6 Å². The van der Waals surface area contributed by atoms with E-state index in [2.05, 4.69) is 38.5 Å². The minimum atomic E-state index is -0.591. The molecule has 0 radical (unpaired) electrons. The first-order chi connectivity index (χ1) is 14.1. The molecule has 0 amide bonds. The van der Waals surface area contributed by atoms with Gasteiger partial charge in [0.05, 0.1) is 18.3 Å². The summed E-state index contributed by atoms with van der Waals surface area (Å²) in [6, 6.07) is 14.4. The summed E-state index contributed by atoms with van der Waals surface area (Å²) in [6.45, 7) is 8.23. The van der Waals surface area contributed by atoms with Crippen LogP contribution in [0.5, 0.6) is 0 Å². The molecule has 1 unspecified atom stereocenters. The van der Waals surface area contributed by atoms with Crippen LogP contribution in [-0.4, -0.2) is 53.2 Å². The molecule has 6 heteroatoms. The predicted molar refractivity (Wildman–Crippen MR) is 118 cm³/mol. The van der Waals surface area contributed by atoms with E-state index in [1.165, 1.54) is 5.56 Å². The van der Waals surface area contributed by atoms with Crippen LogP contribution in [0, 0.1) is 6.92 Å². The third-order valence-electron chi connectivity index (χ3n) is 5.27. The molecule has 6 nitrogen and oxygen atoms in total. The van der Waals surface area contributed by atoms with Crippen molar-refractivity contribution in [3.8, 4) is 0 Å². The molecule has 156 valence electrons. The molecule has 0 saturated carbocycles. The molecule has 0 spiro atoms. The van der Waals surface area contributed by atoms with Crippen molar-refractivity contribution in [1.82, 2.24) is 20.5 Å². The SMILES string of the molecule is CCNC(=NCC(O)c1ccc(C)cc1)NC1CCN(Cc2ccccn2)CC1. The van der Waals surface area contributed by atoms with Crippen molar-refractivity contribution >= 4 is 5.96 Å². The smallest absolute Gasteiger partial charge is 0.191 e. The number of benzene rings is 1. The van der Waals surface area contributed by atoms with Crippen molar-refractivity contribution in [2.75, 3.05) is 26.2 Å². The first kappa shape index (κ1) is 21.3. The number of aliphatic imine (C=N–C) groups is 1. The fraction of sp³-hybridized carbons (Fsp3) is 0.478. The molecule has 2 aromatic rings. The zero-order valence-electron chi connectivity index (χ0n) is 17.5. The van der Waals surface area contributed by atoms with E-state index in [9.17, 15) is 5.11 Å². The molecule has 3 N–H and O–H groups in total. The zero-order chi connectivity index (χ0) is 20.5. The number of aliphatic hydroxyl groups is 1. The van der Waals surface area contributed by atoms with Crippen LogP contribution in [0.3, 0.4) is 0 Å². The quantitative estimate of drug-likeness (QED) is 0.497. The van der Waals surface area contributed by atoms with Crippen LogP contribution in [0.15, 0.2) is 53.7 Å². The molecule has 3 rings (SSSR count). The number of piperidine rings is 1. The minimum absolute atomic E-state index is 0.344. The van der Waals surface area contributed by atoms with E-state index in [0.717, 1.165) is 56.2 Å². The molecular weight excluding hydrogens is 362 g/mol. The lowest BCUT2D eigenvalue weighted by Crippen LogP contribution is -2.48. The van der Waals surface area contributed by atoms with Crippen LogP contribution in [-0.2, 0) is 6.54 Å². The molecule has 1 aromatic carbocycles. The van der Waals surface area contributed by atoms with Crippen LogP contribution >= 0.6 is 0 Å². The van der Waals surface area contributed by atoms with E-state index in [1.54, 1.807) is 0 Å². The molecule has 1 aromatic heterocycles. The first-order valence-electron chi connectivity index (χ1n) is 10.6. The maximum absolute atomic E-state index is 10.4. The Morgan fingerprint density at radius 1 is 1.21 bits per heavy atom. The van der Waals surface area contributed by atoms with Gasteiger partial charge < -0.3 is 15.7 Å². The lowest BCUT2D eigenvalue weighted by molar-refractivity contribution is 0.186. The Morgan fingerprint density at radius 2 is 1.97 bits per heavy atom. The van der Waals surface area contributed by atoms with Crippen molar-refractivity contribution < 1.29 is 5.11 Å². The van der Waals surface area contributed by atoms with E-state index in [4.69, 9.17) is 0 Å². The van der Waals surface area contributed by atoms with Crippen molar-refractivity contribution in [2.24, 2.45) is 4.99 Å². The zero-order valence-corrected chi connectivity index (χ0v) is 17.5. The number of rotatable bonds is 7. The fourth-order valence-corrected chi connectivity index (χ4v) is 3.54. The van der Waals surface area contributed by atoms with Gasteiger partial charge in [-0.3, -0.25) is 14.9 Å². The summed E-state index contributed by atoms with van der Waals surface area (Å²) >= 11 is 0. The van der Waals surface area contributed by atoms with Gasteiger partial charge >= 0.3 is 0 Å². The summed E-state index contributed by atoms with van der Waals surface area (Å²) in [5.74, 6) is 0.779. The number of hydrogen-bond acceptors (Lipinski definition) is 4. The molecule has 1 aliphatic rings. The Labute approximate surface area is 174 Å².